The molecule has 0 aliphatic carbocycles. The highest BCUT2D eigenvalue weighted by Gasteiger charge is 2.42. The van der Waals surface area contributed by atoms with Gasteiger partial charge in [0, 0.05) is 25.2 Å². The molecule has 2 amide bonds. The Balaban J connectivity index is 2.45. The number of aliphatic carboxylic acids is 1. The van der Waals surface area contributed by atoms with Gasteiger partial charge in [-0.3, -0.25) is 33.8 Å². The van der Waals surface area contributed by atoms with Gasteiger partial charge in [-0.25, -0.2) is 4.98 Å². The van der Waals surface area contributed by atoms with Crippen LogP contribution in [0, 0.1) is 5.92 Å². The summed E-state index contributed by atoms with van der Waals surface area (Å²) in [6.07, 6.45) is 4.38. The first kappa shape index (κ1) is 32.9. The summed E-state index contributed by atoms with van der Waals surface area (Å²) in [6, 6.07) is 7.94. The lowest BCUT2D eigenvalue weighted by atomic mass is 9.66. The number of carbonyl (C=O) groups is 5. The van der Waals surface area contributed by atoms with Gasteiger partial charge in [0.25, 0.3) is 11.9 Å². The van der Waals surface area contributed by atoms with E-state index in [4.69, 9.17) is 9.39 Å². The minimum atomic E-state index is -1.32. The minimum absolute atomic E-state index is 0.0116. The van der Waals surface area contributed by atoms with Crippen LogP contribution in [0.1, 0.15) is 49.7 Å². The van der Waals surface area contributed by atoms with Crippen molar-refractivity contribution in [1.82, 2.24) is 25.4 Å². The molecule has 1 aromatic carbocycles. The molecule has 220 valence electrons. The molecule has 0 spiro atoms. The predicted molar refractivity (Wildman–Crippen MR) is 148 cm³/mol. The highest BCUT2D eigenvalue weighted by atomic mass is 16.5. The Hall–Kier alpha value is -4.33. The van der Waals surface area contributed by atoms with Gasteiger partial charge in [-0.2, -0.15) is 0 Å². The maximum absolute atomic E-state index is 13.8. The van der Waals surface area contributed by atoms with Gasteiger partial charge in [-0.1, -0.05) is 51.1 Å². The van der Waals surface area contributed by atoms with Gasteiger partial charge in [0.1, 0.15) is 11.7 Å². The van der Waals surface area contributed by atoms with Gasteiger partial charge in [0.2, 0.25) is 5.91 Å². The second-order valence-electron chi connectivity index (χ2n) is 9.66. The summed E-state index contributed by atoms with van der Waals surface area (Å²) < 4.78 is 10.3. The monoisotopic (exact) mass is 569 g/mol. The summed E-state index contributed by atoms with van der Waals surface area (Å²) in [5.74, 6) is -4.92. The van der Waals surface area contributed by atoms with E-state index in [0.717, 1.165) is 17.5 Å². The van der Waals surface area contributed by atoms with Crippen LogP contribution in [0.4, 0.5) is 0 Å². The van der Waals surface area contributed by atoms with Gasteiger partial charge in [0.15, 0.2) is 0 Å². The molecule has 2 aromatic rings. The summed E-state index contributed by atoms with van der Waals surface area (Å²) in [5, 5.41) is 15.1. The molecule has 0 saturated heterocycles. The van der Waals surface area contributed by atoms with Gasteiger partial charge >= 0.3 is 19.0 Å². The van der Waals surface area contributed by atoms with Crippen molar-refractivity contribution in [3.05, 3.63) is 60.2 Å². The predicted octanol–water partition coefficient (Wildman–Crippen LogP) is 0.889. The van der Waals surface area contributed by atoms with E-state index >= 15 is 0 Å². The Bertz CT molecular complexity index is 1170. The summed E-state index contributed by atoms with van der Waals surface area (Å²) in [4.78, 5) is 72.0. The maximum atomic E-state index is 13.8. The highest BCUT2D eigenvalue weighted by molar-refractivity contribution is 6.53. The van der Waals surface area contributed by atoms with E-state index in [9.17, 15) is 29.1 Å². The average molecular weight is 569 g/mol. The van der Waals surface area contributed by atoms with Gasteiger partial charge in [0.05, 0.1) is 32.3 Å². The summed E-state index contributed by atoms with van der Waals surface area (Å²) in [7, 11) is -0.174. The zero-order chi connectivity index (χ0) is 30.4. The molecule has 0 saturated carbocycles. The first-order chi connectivity index (χ1) is 19.5. The number of amides is 2. The lowest BCUT2D eigenvalue weighted by molar-refractivity contribution is -0.144. The van der Waals surface area contributed by atoms with Crippen LogP contribution >= 0.6 is 0 Å². The lowest BCUT2D eigenvalue weighted by Crippen LogP contribution is -2.62. The van der Waals surface area contributed by atoms with Crippen molar-refractivity contribution in [2.45, 2.75) is 52.0 Å². The van der Waals surface area contributed by atoms with Crippen molar-refractivity contribution in [1.29, 1.82) is 0 Å². The standard InChI is InChI=1S/C27H36BN5O8/c1-5-24(36)41-28(33(16-23(34)35)17-25(37)40-4)22(13-18(2)3)32-26(38)20(14-19-9-7-6-8-10-19)31-27(39)21-15-29-11-12-30-21/h6-12,15,18,20,22H,5,13-14,16-17H2,1-4H3,(H,31,39)(H,32,38)(H,34,35)/t20-,22-/m0/s1. The van der Waals surface area contributed by atoms with Crippen LogP contribution in [0.15, 0.2) is 48.9 Å². The molecule has 2 atom stereocenters. The second-order valence-corrected chi connectivity index (χ2v) is 9.66. The number of rotatable bonds is 16. The third-order valence-corrected chi connectivity index (χ3v) is 5.90. The molecule has 13 nitrogen and oxygen atoms in total. The number of carbonyl (C=O) groups excluding carboxylic acids is 4. The zero-order valence-corrected chi connectivity index (χ0v) is 23.6. The third-order valence-electron chi connectivity index (χ3n) is 5.90. The zero-order valence-electron chi connectivity index (χ0n) is 23.6. The van der Waals surface area contributed by atoms with Crippen molar-refractivity contribution < 1.29 is 38.5 Å². The number of ether oxygens (including phenoxy) is 1. The SMILES string of the molecule is CCC(=O)OB([C@H](CC(C)C)NC(=O)[C@H](Cc1ccccc1)NC(=O)c1cnccn1)N(CC(=O)O)CC(=O)OC. The average Bonchev–Trinajstić information content (AvgIpc) is 2.95. The summed E-state index contributed by atoms with van der Waals surface area (Å²) in [5.41, 5.74) is 0.775. The Kier molecular flexibility index (Phi) is 13.4. The molecule has 0 radical (unpaired) electrons. The fourth-order valence-electron chi connectivity index (χ4n) is 4.01. The summed E-state index contributed by atoms with van der Waals surface area (Å²) in [6.45, 7) is 4.13. The van der Waals surface area contributed by atoms with E-state index < -0.39 is 61.8 Å². The van der Waals surface area contributed by atoms with Crippen LogP contribution in [-0.2, 0) is 35.0 Å². The maximum Gasteiger partial charge on any atom is 0.475 e. The first-order valence-electron chi connectivity index (χ1n) is 13.2. The van der Waals surface area contributed by atoms with E-state index in [-0.39, 0.29) is 30.9 Å². The molecular weight excluding hydrogens is 533 g/mol. The molecular formula is C27H36BN5O8. The Morgan fingerprint density at radius 3 is 2.29 bits per heavy atom. The summed E-state index contributed by atoms with van der Waals surface area (Å²) >= 11 is 0. The number of benzene rings is 1. The van der Waals surface area contributed by atoms with E-state index in [1.807, 2.05) is 19.9 Å². The molecule has 0 unspecified atom stereocenters. The molecule has 2 rings (SSSR count). The molecule has 41 heavy (non-hydrogen) atoms. The number of hydrogen-bond acceptors (Lipinski definition) is 10. The van der Waals surface area contributed by atoms with Crippen LogP contribution < -0.4 is 10.6 Å². The largest absolute Gasteiger partial charge is 0.518 e. The topological polar surface area (TPSA) is 177 Å². The molecule has 0 fully saturated rings. The number of nitrogens with zero attached hydrogens (tertiary/aromatic N) is 3. The van der Waals surface area contributed by atoms with Crippen LogP contribution in [0.5, 0.6) is 0 Å². The minimum Gasteiger partial charge on any atom is -0.518 e. The number of nitrogens with one attached hydrogen (secondary N) is 2. The van der Waals surface area contributed by atoms with Crippen molar-refractivity contribution in [2.75, 3.05) is 20.2 Å². The lowest BCUT2D eigenvalue weighted by Gasteiger charge is -2.33. The number of carboxylic acids is 1. The van der Waals surface area contributed by atoms with Crippen LogP contribution in [0.3, 0.4) is 0 Å². The molecule has 3 N–H and O–H groups in total. The smallest absolute Gasteiger partial charge is 0.475 e. The van der Waals surface area contributed by atoms with Crippen molar-refractivity contribution in [2.24, 2.45) is 5.92 Å². The van der Waals surface area contributed by atoms with Crippen LogP contribution in [0.25, 0.3) is 0 Å². The van der Waals surface area contributed by atoms with Gasteiger partial charge in [-0.15, -0.1) is 0 Å². The Morgan fingerprint density at radius 2 is 1.73 bits per heavy atom. The highest BCUT2D eigenvalue weighted by Crippen LogP contribution is 2.15. The molecule has 0 aliphatic rings. The Labute approximate surface area is 239 Å². The van der Waals surface area contributed by atoms with Crippen LogP contribution in [-0.4, -0.2) is 88.8 Å². The molecule has 1 aromatic heterocycles. The number of esters is 1. The van der Waals surface area contributed by atoms with E-state index in [2.05, 4.69) is 20.6 Å². The number of methoxy groups -OCH3 is 1. The molecule has 0 aliphatic heterocycles. The van der Waals surface area contributed by atoms with Crippen LogP contribution in [0.2, 0.25) is 0 Å². The number of carboxylic acid groups (broad SMARTS) is 1. The molecule has 1 heterocycles. The fourth-order valence-corrected chi connectivity index (χ4v) is 4.01. The van der Waals surface area contributed by atoms with Gasteiger partial charge < -0.3 is 25.1 Å². The van der Waals surface area contributed by atoms with Crippen molar-refractivity contribution in [3.63, 3.8) is 0 Å². The Morgan fingerprint density at radius 1 is 1.02 bits per heavy atom. The first-order valence-corrected chi connectivity index (χ1v) is 13.2. The molecule has 0 bridgehead atoms. The third kappa shape index (κ3) is 11.4. The fraction of sp³-hybridized carbons (Fsp3) is 0.444. The van der Waals surface area contributed by atoms with Crippen molar-refractivity contribution in [3.8, 4) is 0 Å². The quantitative estimate of drug-likeness (QED) is 0.193. The number of aromatic nitrogens is 2. The van der Waals surface area contributed by atoms with E-state index in [1.165, 1.54) is 18.6 Å². The van der Waals surface area contributed by atoms with E-state index in [1.54, 1.807) is 31.2 Å². The second kappa shape index (κ2) is 16.7. The molecule has 14 heteroatoms. The number of hydrogen-bond donors (Lipinski definition) is 3. The van der Waals surface area contributed by atoms with Gasteiger partial charge in [-0.05, 0) is 17.9 Å². The van der Waals surface area contributed by atoms with Crippen molar-refractivity contribution >= 4 is 36.8 Å². The van der Waals surface area contributed by atoms with E-state index in [0.29, 0.717) is 0 Å². The normalized spacial score (nSPS) is 12.2.